The zero-order chi connectivity index (χ0) is 14.8. The average Bonchev–Trinajstić information content (AvgIpc) is 2.84. The van der Waals surface area contributed by atoms with Crippen LogP contribution in [-0.4, -0.2) is 13.0 Å². The SMILES string of the molecule is CNC(Cc1cccc(Cl)c1)c1ccc2c(c1)CC(=O)N2. The number of likely N-dealkylation sites (N-methyl/N-ethyl adjacent to an activating group) is 1. The molecular weight excluding hydrogens is 284 g/mol. The van der Waals surface area contributed by atoms with Crippen LogP contribution in [0.1, 0.15) is 22.7 Å². The summed E-state index contributed by atoms with van der Waals surface area (Å²) in [5.74, 6) is 0.0676. The van der Waals surface area contributed by atoms with Gasteiger partial charge in [0.05, 0.1) is 6.42 Å². The van der Waals surface area contributed by atoms with Crippen molar-refractivity contribution in [2.75, 3.05) is 12.4 Å². The van der Waals surface area contributed by atoms with Crippen LogP contribution in [0.25, 0.3) is 0 Å². The maximum absolute atomic E-state index is 11.4. The minimum atomic E-state index is 0.0676. The van der Waals surface area contributed by atoms with Gasteiger partial charge in [0.25, 0.3) is 0 Å². The molecule has 0 aromatic heterocycles. The summed E-state index contributed by atoms with van der Waals surface area (Å²) in [4.78, 5) is 11.4. The number of anilines is 1. The van der Waals surface area contributed by atoms with Gasteiger partial charge in [-0.25, -0.2) is 0 Å². The number of rotatable bonds is 4. The molecule has 2 N–H and O–H groups in total. The summed E-state index contributed by atoms with van der Waals surface area (Å²) in [7, 11) is 1.95. The molecule has 3 nitrogen and oxygen atoms in total. The number of benzene rings is 2. The molecule has 0 fully saturated rings. The third kappa shape index (κ3) is 3.09. The molecule has 1 aliphatic heterocycles. The molecule has 4 heteroatoms. The van der Waals surface area contributed by atoms with Gasteiger partial charge >= 0.3 is 0 Å². The molecule has 108 valence electrons. The first kappa shape index (κ1) is 14.1. The summed E-state index contributed by atoms with van der Waals surface area (Å²) in [6, 6.07) is 14.3. The van der Waals surface area contributed by atoms with Crippen molar-refractivity contribution in [3.63, 3.8) is 0 Å². The van der Waals surface area contributed by atoms with Crippen LogP contribution in [0.2, 0.25) is 5.02 Å². The smallest absolute Gasteiger partial charge is 0.228 e. The van der Waals surface area contributed by atoms with Gasteiger partial charge in [-0.15, -0.1) is 0 Å². The topological polar surface area (TPSA) is 41.1 Å². The number of nitrogens with one attached hydrogen (secondary N) is 2. The Morgan fingerprint density at radius 3 is 2.90 bits per heavy atom. The third-order valence-electron chi connectivity index (χ3n) is 3.83. The lowest BCUT2D eigenvalue weighted by molar-refractivity contribution is -0.115. The van der Waals surface area contributed by atoms with Crippen molar-refractivity contribution in [3.8, 4) is 0 Å². The molecule has 1 heterocycles. The fourth-order valence-corrected chi connectivity index (χ4v) is 2.97. The van der Waals surface area contributed by atoms with Crippen LogP contribution in [0.3, 0.4) is 0 Å². The Kier molecular flexibility index (Phi) is 3.95. The lowest BCUT2D eigenvalue weighted by Crippen LogP contribution is -2.19. The van der Waals surface area contributed by atoms with Gasteiger partial charge in [-0.2, -0.15) is 0 Å². The van der Waals surface area contributed by atoms with E-state index in [4.69, 9.17) is 11.6 Å². The van der Waals surface area contributed by atoms with Crippen LogP contribution in [0.4, 0.5) is 5.69 Å². The van der Waals surface area contributed by atoms with Crippen molar-refractivity contribution < 1.29 is 4.79 Å². The van der Waals surface area contributed by atoms with Gasteiger partial charge < -0.3 is 10.6 Å². The first-order valence-corrected chi connectivity index (χ1v) is 7.38. The molecule has 1 unspecified atom stereocenters. The molecule has 2 aromatic rings. The predicted molar refractivity (Wildman–Crippen MR) is 85.7 cm³/mol. The van der Waals surface area contributed by atoms with E-state index in [9.17, 15) is 4.79 Å². The van der Waals surface area contributed by atoms with Gasteiger partial charge in [0.1, 0.15) is 0 Å². The van der Waals surface area contributed by atoms with Crippen molar-refractivity contribution in [2.24, 2.45) is 0 Å². The minimum absolute atomic E-state index is 0.0676. The summed E-state index contributed by atoms with van der Waals surface area (Å²) in [6.07, 6.45) is 1.33. The molecule has 1 aliphatic rings. The number of hydrogen-bond donors (Lipinski definition) is 2. The molecule has 1 atom stereocenters. The second-order valence-electron chi connectivity index (χ2n) is 5.32. The van der Waals surface area contributed by atoms with Crippen molar-refractivity contribution in [2.45, 2.75) is 18.9 Å². The molecule has 21 heavy (non-hydrogen) atoms. The Bertz CT molecular complexity index is 684. The van der Waals surface area contributed by atoms with Crippen LogP contribution in [-0.2, 0) is 17.6 Å². The zero-order valence-electron chi connectivity index (χ0n) is 11.8. The van der Waals surface area contributed by atoms with Crippen LogP contribution >= 0.6 is 11.6 Å². The van der Waals surface area contributed by atoms with Crippen molar-refractivity contribution in [1.82, 2.24) is 5.32 Å². The number of carbonyl (C=O) groups is 1. The zero-order valence-corrected chi connectivity index (χ0v) is 12.6. The summed E-state index contributed by atoms with van der Waals surface area (Å²) in [6.45, 7) is 0. The summed E-state index contributed by atoms with van der Waals surface area (Å²) < 4.78 is 0. The van der Waals surface area contributed by atoms with E-state index in [2.05, 4.69) is 28.8 Å². The highest BCUT2D eigenvalue weighted by atomic mass is 35.5. The van der Waals surface area contributed by atoms with Crippen molar-refractivity contribution in [1.29, 1.82) is 0 Å². The highest BCUT2D eigenvalue weighted by Gasteiger charge is 2.19. The van der Waals surface area contributed by atoms with E-state index in [0.717, 1.165) is 22.7 Å². The molecule has 0 saturated carbocycles. The van der Waals surface area contributed by atoms with E-state index in [0.29, 0.717) is 6.42 Å². The number of halogens is 1. The van der Waals surface area contributed by atoms with Gasteiger partial charge in [0.2, 0.25) is 5.91 Å². The number of fused-ring (bicyclic) bond motifs is 1. The lowest BCUT2D eigenvalue weighted by Gasteiger charge is -2.18. The summed E-state index contributed by atoms with van der Waals surface area (Å²) in [5.41, 5.74) is 4.38. The number of amides is 1. The van der Waals surface area contributed by atoms with Gasteiger partial charge in [-0.3, -0.25) is 4.79 Å². The Balaban J connectivity index is 1.84. The van der Waals surface area contributed by atoms with Gasteiger partial charge in [-0.1, -0.05) is 35.9 Å². The first-order chi connectivity index (χ1) is 10.2. The third-order valence-corrected chi connectivity index (χ3v) is 4.07. The number of carbonyl (C=O) groups excluding carboxylic acids is 1. The molecule has 0 saturated heterocycles. The summed E-state index contributed by atoms with van der Waals surface area (Å²) >= 11 is 6.04. The van der Waals surface area contributed by atoms with E-state index in [1.165, 1.54) is 11.1 Å². The van der Waals surface area contributed by atoms with Crippen molar-refractivity contribution >= 4 is 23.2 Å². The summed E-state index contributed by atoms with van der Waals surface area (Å²) in [5, 5.41) is 6.96. The molecular formula is C17H17ClN2O. The average molecular weight is 301 g/mol. The van der Waals surface area contributed by atoms with Gasteiger partial charge in [0.15, 0.2) is 0 Å². The minimum Gasteiger partial charge on any atom is -0.326 e. The highest BCUT2D eigenvalue weighted by Crippen LogP contribution is 2.28. The number of hydrogen-bond acceptors (Lipinski definition) is 2. The molecule has 0 aliphatic carbocycles. The lowest BCUT2D eigenvalue weighted by atomic mass is 9.97. The molecule has 1 amide bonds. The van der Waals surface area contributed by atoms with E-state index >= 15 is 0 Å². The van der Waals surface area contributed by atoms with E-state index < -0.39 is 0 Å². The molecule has 3 rings (SSSR count). The predicted octanol–water partition coefficient (Wildman–Crippen LogP) is 3.34. The van der Waals surface area contributed by atoms with Crippen LogP contribution < -0.4 is 10.6 Å². The molecule has 0 spiro atoms. The maximum Gasteiger partial charge on any atom is 0.228 e. The van der Waals surface area contributed by atoms with Crippen LogP contribution in [0.5, 0.6) is 0 Å². The second kappa shape index (κ2) is 5.88. The Morgan fingerprint density at radius 2 is 2.14 bits per heavy atom. The second-order valence-corrected chi connectivity index (χ2v) is 5.75. The van der Waals surface area contributed by atoms with Crippen LogP contribution in [0, 0.1) is 0 Å². The van der Waals surface area contributed by atoms with E-state index in [1.807, 2.05) is 31.3 Å². The molecule has 2 aromatic carbocycles. The fourth-order valence-electron chi connectivity index (χ4n) is 2.75. The highest BCUT2D eigenvalue weighted by molar-refractivity contribution is 6.30. The normalized spacial score (nSPS) is 14.7. The van der Waals surface area contributed by atoms with Crippen molar-refractivity contribution in [3.05, 3.63) is 64.2 Å². The maximum atomic E-state index is 11.4. The monoisotopic (exact) mass is 300 g/mol. The van der Waals surface area contributed by atoms with Gasteiger partial charge in [0, 0.05) is 16.8 Å². The van der Waals surface area contributed by atoms with E-state index in [1.54, 1.807) is 0 Å². The van der Waals surface area contributed by atoms with E-state index in [-0.39, 0.29) is 11.9 Å². The molecule has 0 radical (unpaired) electrons. The fraction of sp³-hybridized carbons (Fsp3) is 0.235. The first-order valence-electron chi connectivity index (χ1n) is 7.00. The Morgan fingerprint density at radius 1 is 1.29 bits per heavy atom. The quantitative estimate of drug-likeness (QED) is 0.909. The standard InChI is InChI=1S/C17H17ClN2O/c1-19-16(8-11-3-2-4-14(18)7-11)12-5-6-15-13(9-12)10-17(21)20-15/h2-7,9,16,19H,8,10H2,1H3,(H,20,21). The Labute approximate surface area is 129 Å². The van der Waals surface area contributed by atoms with Gasteiger partial charge in [-0.05, 0) is 48.4 Å². The molecule has 0 bridgehead atoms. The largest absolute Gasteiger partial charge is 0.326 e. The van der Waals surface area contributed by atoms with Crippen LogP contribution in [0.15, 0.2) is 42.5 Å². The Hall–Kier alpha value is -1.84.